The summed E-state index contributed by atoms with van der Waals surface area (Å²) in [6, 6.07) is 0. The number of carboxylic acid groups (broad SMARTS) is 1. The molecule has 1 heterocycles. The molecule has 0 aromatic carbocycles. The highest BCUT2D eigenvalue weighted by Crippen LogP contribution is 2.04. The summed E-state index contributed by atoms with van der Waals surface area (Å²) in [5.41, 5.74) is 0. The van der Waals surface area contributed by atoms with Gasteiger partial charge in [0.2, 0.25) is 0 Å². The Morgan fingerprint density at radius 1 is 1.58 bits per heavy atom. The Kier molecular flexibility index (Phi) is 2.65. The van der Waals surface area contributed by atoms with Crippen molar-refractivity contribution in [3.05, 3.63) is 0 Å². The summed E-state index contributed by atoms with van der Waals surface area (Å²) in [6.45, 7) is 2.96. The highest BCUT2D eigenvalue weighted by molar-refractivity contribution is 6.31. The van der Waals surface area contributed by atoms with Gasteiger partial charge in [-0.1, -0.05) is 0 Å². The zero-order valence-electron chi connectivity index (χ0n) is 6.82. The minimum absolute atomic E-state index is 0.0675. The van der Waals surface area contributed by atoms with E-state index in [0.717, 1.165) is 0 Å². The van der Waals surface area contributed by atoms with Crippen LogP contribution >= 0.6 is 0 Å². The van der Waals surface area contributed by atoms with Crippen molar-refractivity contribution in [3.8, 4) is 0 Å². The van der Waals surface area contributed by atoms with E-state index in [1.54, 1.807) is 6.92 Å². The molecule has 0 aromatic rings. The predicted molar refractivity (Wildman–Crippen MR) is 39.6 cm³/mol. The minimum atomic E-state index is -1.40. The molecule has 0 radical (unpaired) electrons. The fourth-order valence-corrected chi connectivity index (χ4v) is 1.14. The van der Waals surface area contributed by atoms with Crippen LogP contribution in [0.1, 0.15) is 6.92 Å². The molecule has 5 nitrogen and oxygen atoms in total. The maximum absolute atomic E-state index is 10.9. The number of hydrogen-bond acceptors (Lipinski definition) is 3. The fraction of sp³-hybridized carbons (Fsp3) is 0.714. The lowest BCUT2D eigenvalue weighted by Gasteiger charge is -2.29. The number of hydrogen-bond donors (Lipinski definition) is 1. The van der Waals surface area contributed by atoms with Gasteiger partial charge in [-0.15, -0.1) is 0 Å². The number of aliphatic carboxylic acids is 1. The van der Waals surface area contributed by atoms with E-state index in [-0.39, 0.29) is 6.10 Å². The molecule has 1 aliphatic rings. The van der Waals surface area contributed by atoms with Crippen LogP contribution in [0.3, 0.4) is 0 Å². The van der Waals surface area contributed by atoms with Crippen molar-refractivity contribution in [1.82, 2.24) is 4.90 Å². The second-order valence-electron chi connectivity index (χ2n) is 2.74. The van der Waals surface area contributed by atoms with Gasteiger partial charge in [-0.3, -0.25) is 4.79 Å². The Labute approximate surface area is 69.9 Å². The van der Waals surface area contributed by atoms with Gasteiger partial charge in [0.15, 0.2) is 0 Å². The lowest BCUT2D eigenvalue weighted by molar-refractivity contribution is -0.159. The fourth-order valence-electron chi connectivity index (χ4n) is 1.14. The molecular formula is C7H11NO4. The zero-order valence-corrected chi connectivity index (χ0v) is 6.82. The highest BCUT2D eigenvalue weighted by Gasteiger charge is 2.25. The van der Waals surface area contributed by atoms with Gasteiger partial charge in [-0.05, 0) is 6.92 Å². The SMILES string of the molecule is CC1CN(C(=O)C(=O)O)CCO1. The molecule has 1 saturated heterocycles. The summed E-state index contributed by atoms with van der Waals surface area (Å²) in [5.74, 6) is -2.24. The molecule has 0 bridgehead atoms. The van der Waals surface area contributed by atoms with Crippen molar-refractivity contribution >= 4 is 11.9 Å². The number of morpholine rings is 1. The van der Waals surface area contributed by atoms with Crippen LogP contribution in [0.5, 0.6) is 0 Å². The van der Waals surface area contributed by atoms with Gasteiger partial charge in [0.25, 0.3) is 0 Å². The van der Waals surface area contributed by atoms with Crippen LogP contribution in [0.15, 0.2) is 0 Å². The average molecular weight is 173 g/mol. The van der Waals surface area contributed by atoms with Crippen molar-refractivity contribution in [2.45, 2.75) is 13.0 Å². The highest BCUT2D eigenvalue weighted by atomic mass is 16.5. The van der Waals surface area contributed by atoms with Crippen molar-refractivity contribution in [1.29, 1.82) is 0 Å². The summed E-state index contributed by atoms with van der Waals surface area (Å²) in [7, 11) is 0. The monoisotopic (exact) mass is 173 g/mol. The first-order valence-corrected chi connectivity index (χ1v) is 3.75. The van der Waals surface area contributed by atoms with Crippen LogP contribution in [0, 0.1) is 0 Å². The Hall–Kier alpha value is -1.10. The standard InChI is InChI=1S/C7H11NO4/c1-5-4-8(2-3-12-5)6(9)7(10)11/h5H,2-4H2,1H3,(H,10,11). The van der Waals surface area contributed by atoms with Gasteiger partial charge in [0.1, 0.15) is 0 Å². The molecule has 68 valence electrons. The third-order valence-electron chi connectivity index (χ3n) is 1.71. The number of carboxylic acids is 1. The van der Waals surface area contributed by atoms with E-state index >= 15 is 0 Å². The summed E-state index contributed by atoms with van der Waals surface area (Å²) in [6.07, 6.45) is -0.0675. The average Bonchev–Trinajstić information content (AvgIpc) is 2.03. The van der Waals surface area contributed by atoms with Gasteiger partial charge in [0, 0.05) is 13.1 Å². The first-order chi connectivity index (χ1) is 5.61. The van der Waals surface area contributed by atoms with Gasteiger partial charge in [0.05, 0.1) is 12.7 Å². The lowest BCUT2D eigenvalue weighted by Crippen LogP contribution is -2.47. The Morgan fingerprint density at radius 3 is 2.75 bits per heavy atom. The van der Waals surface area contributed by atoms with Crippen LogP contribution < -0.4 is 0 Å². The quantitative estimate of drug-likeness (QED) is 0.493. The predicted octanol–water partition coefficient (Wildman–Crippen LogP) is -0.682. The van der Waals surface area contributed by atoms with Crippen LogP contribution in [-0.2, 0) is 14.3 Å². The summed E-state index contributed by atoms with van der Waals surface area (Å²) >= 11 is 0. The molecule has 1 fully saturated rings. The summed E-state index contributed by atoms with van der Waals surface area (Å²) in [5, 5.41) is 8.39. The number of amides is 1. The maximum atomic E-state index is 10.9. The van der Waals surface area contributed by atoms with Gasteiger partial charge >= 0.3 is 11.9 Å². The zero-order chi connectivity index (χ0) is 9.14. The molecule has 0 aliphatic carbocycles. The molecule has 1 amide bonds. The number of ether oxygens (including phenoxy) is 1. The van der Waals surface area contributed by atoms with Gasteiger partial charge in [-0.2, -0.15) is 0 Å². The van der Waals surface area contributed by atoms with E-state index in [0.29, 0.717) is 19.7 Å². The van der Waals surface area contributed by atoms with Crippen molar-refractivity contribution < 1.29 is 19.4 Å². The second kappa shape index (κ2) is 3.53. The number of nitrogens with zero attached hydrogens (tertiary/aromatic N) is 1. The largest absolute Gasteiger partial charge is 0.474 e. The Bertz CT molecular complexity index is 204. The smallest absolute Gasteiger partial charge is 0.394 e. The lowest BCUT2D eigenvalue weighted by atomic mass is 10.3. The van der Waals surface area contributed by atoms with E-state index in [1.807, 2.05) is 0 Å². The minimum Gasteiger partial charge on any atom is -0.474 e. The number of carbonyl (C=O) groups is 2. The molecule has 5 heteroatoms. The molecule has 0 aromatic heterocycles. The molecular weight excluding hydrogens is 162 g/mol. The van der Waals surface area contributed by atoms with Gasteiger partial charge in [-0.25, -0.2) is 4.79 Å². The van der Waals surface area contributed by atoms with Gasteiger partial charge < -0.3 is 14.7 Å². The summed E-state index contributed by atoms with van der Waals surface area (Å²) < 4.78 is 5.15. The van der Waals surface area contributed by atoms with Crippen LogP contribution in [0.4, 0.5) is 0 Å². The van der Waals surface area contributed by atoms with E-state index in [4.69, 9.17) is 9.84 Å². The maximum Gasteiger partial charge on any atom is 0.394 e. The Balaban J connectivity index is 2.51. The van der Waals surface area contributed by atoms with Crippen molar-refractivity contribution in [2.75, 3.05) is 19.7 Å². The molecule has 12 heavy (non-hydrogen) atoms. The van der Waals surface area contributed by atoms with E-state index in [9.17, 15) is 9.59 Å². The van der Waals surface area contributed by atoms with Crippen molar-refractivity contribution in [3.63, 3.8) is 0 Å². The normalized spacial score (nSPS) is 23.8. The van der Waals surface area contributed by atoms with Crippen molar-refractivity contribution in [2.24, 2.45) is 0 Å². The van der Waals surface area contributed by atoms with E-state index in [2.05, 4.69) is 0 Å². The molecule has 1 atom stereocenters. The molecule has 1 N–H and O–H groups in total. The van der Waals surface area contributed by atoms with E-state index < -0.39 is 11.9 Å². The first kappa shape index (κ1) is 8.99. The topological polar surface area (TPSA) is 66.8 Å². The first-order valence-electron chi connectivity index (χ1n) is 3.75. The molecule has 1 unspecified atom stereocenters. The van der Waals surface area contributed by atoms with Crippen LogP contribution in [0.25, 0.3) is 0 Å². The molecule has 0 spiro atoms. The third kappa shape index (κ3) is 1.94. The second-order valence-corrected chi connectivity index (χ2v) is 2.74. The molecule has 1 rings (SSSR count). The summed E-state index contributed by atoms with van der Waals surface area (Å²) in [4.78, 5) is 22.5. The molecule has 1 aliphatic heterocycles. The number of carbonyl (C=O) groups excluding carboxylic acids is 1. The third-order valence-corrected chi connectivity index (χ3v) is 1.71. The van der Waals surface area contributed by atoms with E-state index in [1.165, 1.54) is 4.90 Å². The molecule has 0 saturated carbocycles. The van der Waals surface area contributed by atoms with Crippen LogP contribution in [-0.4, -0.2) is 47.7 Å². The van der Waals surface area contributed by atoms with Crippen LogP contribution in [0.2, 0.25) is 0 Å². The Morgan fingerprint density at radius 2 is 2.25 bits per heavy atom. The number of rotatable bonds is 0.